The topological polar surface area (TPSA) is 46.5 Å². The quantitative estimate of drug-likeness (QED) is 0.777. The molecule has 0 amide bonds. The summed E-state index contributed by atoms with van der Waals surface area (Å²) in [6, 6.07) is 1.52. The lowest BCUT2D eigenvalue weighted by Gasteiger charge is -2.13. The Hall–Kier alpha value is -1.72. The van der Waals surface area contributed by atoms with Crippen molar-refractivity contribution in [3.8, 4) is 11.5 Å². The summed E-state index contributed by atoms with van der Waals surface area (Å²) in [4.78, 5) is 10.3. The first kappa shape index (κ1) is 11.4. The molecule has 0 atom stereocenters. The Kier molecular flexibility index (Phi) is 2.88. The fourth-order valence-corrected chi connectivity index (χ4v) is 1.13. The molecule has 0 fully saturated rings. The van der Waals surface area contributed by atoms with Crippen molar-refractivity contribution in [2.75, 3.05) is 7.11 Å². The SMILES string of the molecule is COc1c(O)cc(C=O)cc1C(F)(F)F. The van der Waals surface area contributed by atoms with Crippen LogP contribution in [0.15, 0.2) is 12.1 Å². The lowest BCUT2D eigenvalue weighted by atomic mass is 10.1. The highest BCUT2D eigenvalue weighted by atomic mass is 19.4. The maximum Gasteiger partial charge on any atom is 0.420 e. The minimum absolute atomic E-state index is 0.217. The number of aromatic hydroxyl groups is 1. The Morgan fingerprint density at radius 1 is 1.40 bits per heavy atom. The number of carbonyl (C=O) groups is 1. The number of rotatable bonds is 2. The largest absolute Gasteiger partial charge is 0.504 e. The van der Waals surface area contributed by atoms with E-state index in [0.717, 1.165) is 13.2 Å². The second-order valence-corrected chi connectivity index (χ2v) is 2.74. The van der Waals surface area contributed by atoms with Gasteiger partial charge in [-0.2, -0.15) is 13.2 Å². The summed E-state index contributed by atoms with van der Waals surface area (Å²) in [7, 11) is 1.00. The Labute approximate surface area is 83.1 Å². The highest BCUT2D eigenvalue weighted by Gasteiger charge is 2.36. The predicted molar refractivity (Wildman–Crippen MR) is 45.0 cm³/mol. The maximum atomic E-state index is 12.4. The van der Waals surface area contributed by atoms with Gasteiger partial charge >= 0.3 is 6.18 Å². The molecular formula is C9H7F3O3. The number of hydrogen-bond acceptors (Lipinski definition) is 3. The summed E-state index contributed by atoms with van der Waals surface area (Å²) in [5.74, 6) is -1.40. The zero-order valence-electron chi connectivity index (χ0n) is 7.63. The average molecular weight is 220 g/mol. The van der Waals surface area contributed by atoms with E-state index in [1.165, 1.54) is 0 Å². The van der Waals surface area contributed by atoms with Gasteiger partial charge in [-0.05, 0) is 12.1 Å². The first-order valence-electron chi connectivity index (χ1n) is 3.83. The van der Waals surface area contributed by atoms with Gasteiger partial charge in [0.15, 0.2) is 11.5 Å². The van der Waals surface area contributed by atoms with Crippen molar-refractivity contribution in [3.05, 3.63) is 23.3 Å². The smallest absolute Gasteiger partial charge is 0.420 e. The van der Waals surface area contributed by atoms with Gasteiger partial charge < -0.3 is 9.84 Å². The molecule has 0 unspecified atom stereocenters. The molecule has 0 saturated heterocycles. The summed E-state index contributed by atoms with van der Waals surface area (Å²) in [5.41, 5.74) is -1.44. The molecule has 3 nitrogen and oxygen atoms in total. The van der Waals surface area contributed by atoms with Crippen molar-refractivity contribution in [1.82, 2.24) is 0 Å². The molecule has 15 heavy (non-hydrogen) atoms. The number of phenolic OH excluding ortho intramolecular Hbond substituents is 1. The Morgan fingerprint density at radius 2 is 2.00 bits per heavy atom. The van der Waals surface area contributed by atoms with Gasteiger partial charge in [0, 0.05) is 5.56 Å². The van der Waals surface area contributed by atoms with Gasteiger partial charge in [-0.25, -0.2) is 0 Å². The van der Waals surface area contributed by atoms with E-state index in [0.29, 0.717) is 6.07 Å². The first-order valence-corrected chi connectivity index (χ1v) is 3.83. The number of phenols is 1. The molecule has 0 aliphatic heterocycles. The van der Waals surface area contributed by atoms with Gasteiger partial charge in [0.05, 0.1) is 7.11 Å². The molecule has 1 rings (SSSR count). The third-order valence-corrected chi connectivity index (χ3v) is 1.74. The number of aldehydes is 1. The molecule has 0 spiro atoms. The van der Waals surface area contributed by atoms with Gasteiger partial charge in [0.25, 0.3) is 0 Å². The van der Waals surface area contributed by atoms with Crippen LogP contribution in [0.2, 0.25) is 0 Å². The van der Waals surface area contributed by atoms with E-state index in [4.69, 9.17) is 0 Å². The molecule has 82 valence electrons. The van der Waals surface area contributed by atoms with Crippen LogP contribution in [0.25, 0.3) is 0 Å². The second-order valence-electron chi connectivity index (χ2n) is 2.74. The fraction of sp³-hybridized carbons (Fsp3) is 0.222. The number of alkyl halides is 3. The van der Waals surface area contributed by atoms with E-state index in [1.807, 2.05) is 0 Å². The second kappa shape index (κ2) is 3.80. The lowest BCUT2D eigenvalue weighted by Crippen LogP contribution is -2.08. The summed E-state index contributed by atoms with van der Waals surface area (Å²) < 4.78 is 41.7. The monoisotopic (exact) mass is 220 g/mol. The number of hydrogen-bond donors (Lipinski definition) is 1. The summed E-state index contributed by atoms with van der Waals surface area (Å²) >= 11 is 0. The van der Waals surface area contributed by atoms with Gasteiger partial charge in [-0.3, -0.25) is 4.79 Å². The highest BCUT2D eigenvalue weighted by molar-refractivity contribution is 5.77. The van der Waals surface area contributed by atoms with Crippen LogP contribution < -0.4 is 4.74 Å². The molecule has 0 aliphatic carbocycles. The summed E-state index contributed by atoms with van der Waals surface area (Å²) in [6.07, 6.45) is -4.46. The van der Waals surface area contributed by atoms with Crippen LogP contribution in [0.3, 0.4) is 0 Å². The van der Waals surface area contributed by atoms with E-state index < -0.39 is 23.2 Å². The van der Waals surface area contributed by atoms with Gasteiger partial charge in [-0.1, -0.05) is 0 Å². The Bertz CT molecular complexity index is 385. The van der Waals surface area contributed by atoms with Crippen LogP contribution in [0.4, 0.5) is 13.2 Å². The Morgan fingerprint density at radius 3 is 2.40 bits per heavy atom. The molecule has 1 aromatic rings. The third kappa shape index (κ3) is 2.20. The van der Waals surface area contributed by atoms with Gasteiger partial charge in [0.1, 0.15) is 11.8 Å². The predicted octanol–water partition coefficient (Wildman–Crippen LogP) is 2.23. The summed E-state index contributed by atoms with van der Waals surface area (Å²) in [6.45, 7) is 0. The summed E-state index contributed by atoms with van der Waals surface area (Å²) in [5, 5.41) is 9.18. The molecule has 1 aromatic carbocycles. The Balaban J connectivity index is 3.45. The zero-order chi connectivity index (χ0) is 11.6. The molecule has 6 heteroatoms. The number of carbonyl (C=O) groups excluding carboxylic acids is 1. The van der Waals surface area contributed by atoms with Gasteiger partial charge in [-0.15, -0.1) is 0 Å². The molecule has 1 N–H and O–H groups in total. The standard InChI is InChI=1S/C9H7F3O3/c1-15-8-6(9(10,11)12)2-5(4-13)3-7(8)14/h2-4,14H,1H3. The van der Waals surface area contributed by atoms with Crippen molar-refractivity contribution >= 4 is 6.29 Å². The van der Waals surface area contributed by atoms with Crippen LogP contribution in [0, 0.1) is 0 Å². The van der Waals surface area contributed by atoms with Crippen molar-refractivity contribution in [2.45, 2.75) is 6.18 Å². The molecule has 0 saturated carbocycles. The molecule has 0 aliphatic rings. The van der Waals surface area contributed by atoms with Crippen LogP contribution in [0.1, 0.15) is 15.9 Å². The molecule has 0 aromatic heterocycles. The van der Waals surface area contributed by atoms with Crippen LogP contribution in [-0.2, 0) is 6.18 Å². The van der Waals surface area contributed by atoms with Crippen molar-refractivity contribution in [1.29, 1.82) is 0 Å². The zero-order valence-corrected chi connectivity index (χ0v) is 7.63. The van der Waals surface area contributed by atoms with Gasteiger partial charge in [0.2, 0.25) is 0 Å². The van der Waals surface area contributed by atoms with Crippen molar-refractivity contribution in [2.24, 2.45) is 0 Å². The molecule has 0 radical (unpaired) electrons. The lowest BCUT2D eigenvalue weighted by molar-refractivity contribution is -0.138. The fourth-order valence-electron chi connectivity index (χ4n) is 1.13. The molecule has 0 heterocycles. The van der Waals surface area contributed by atoms with E-state index in [1.54, 1.807) is 0 Å². The first-order chi connectivity index (χ1) is 6.90. The van der Waals surface area contributed by atoms with Crippen LogP contribution >= 0.6 is 0 Å². The minimum Gasteiger partial charge on any atom is -0.504 e. The minimum atomic E-state index is -4.68. The van der Waals surface area contributed by atoms with E-state index in [2.05, 4.69) is 4.74 Å². The highest BCUT2D eigenvalue weighted by Crippen LogP contribution is 2.41. The number of halogens is 3. The number of ether oxygens (including phenoxy) is 1. The third-order valence-electron chi connectivity index (χ3n) is 1.74. The van der Waals surface area contributed by atoms with Crippen LogP contribution in [-0.4, -0.2) is 18.5 Å². The normalized spacial score (nSPS) is 11.2. The van der Waals surface area contributed by atoms with Crippen molar-refractivity contribution < 1.29 is 27.8 Å². The van der Waals surface area contributed by atoms with E-state index >= 15 is 0 Å². The molecular weight excluding hydrogens is 213 g/mol. The molecule has 0 bridgehead atoms. The number of benzene rings is 1. The number of methoxy groups -OCH3 is 1. The average Bonchev–Trinajstić information content (AvgIpc) is 2.15. The van der Waals surface area contributed by atoms with E-state index in [-0.39, 0.29) is 11.8 Å². The maximum absolute atomic E-state index is 12.4. The van der Waals surface area contributed by atoms with Crippen LogP contribution in [0.5, 0.6) is 11.5 Å². The van der Waals surface area contributed by atoms with E-state index in [9.17, 15) is 23.1 Å². The van der Waals surface area contributed by atoms with Crippen molar-refractivity contribution in [3.63, 3.8) is 0 Å².